The van der Waals surface area contributed by atoms with E-state index in [4.69, 9.17) is 9.47 Å². The Hall–Kier alpha value is -2.83. The van der Waals surface area contributed by atoms with Gasteiger partial charge in [0.25, 0.3) is 0 Å². The summed E-state index contributed by atoms with van der Waals surface area (Å²) in [6, 6.07) is 5.37. The second-order valence-corrected chi connectivity index (χ2v) is 6.20. The third-order valence-electron chi connectivity index (χ3n) is 4.60. The van der Waals surface area contributed by atoms with Crippen molar-refractivity contribution in [2.75, 3.05) is 20.3 Å². The molecule has 0 unspecified atom stereocenters. The molecule has 0 saturated heterocycles. The second-order valence-electron chi connectivity index (χ2n) is 6.20. The summed E-state index contributed by atoms with van der Waals surface area (Å²) in [6.45, 7) is 3.12. The van der Waals surface area contributed by atoms with Crippen LogP contribution in [0, 0.1) is 0 Å². The molecule has 3 rings (SSSR count). The number of H-pyrrole nitrogens is 1. The Balaban J connectivity index is 1.77. The van der Waals surface area contributed by atoms with Gasteiger partial charge in [0.05, 0.1) is 25.7 Å². The van der Waals surface area contributed by atoms with Crippen molar-refractivity contribution in [1.29, 1.82) is 0 Å². The zero-order chi connectivity index (χ0) is 18.7. The molecule has 26 heavy (non-hydrogen) atoms. The number of carbonyl (C=O) groups excluding carboxylic acids is 3. The first-order valence-electron chi connectivity index (χ1n) is 8.68. The zero-order valence-corrected chi connectivity index (χ0v) is 15.0. The SMILES string of the molecule is CCOC(=O)CCC(=O)N1CCc2[nH]c3ccc(C(=O)OC)cc3c2C1. The van der Waals surface area contributed by atoms with Crippen LogP contribution < -0.4 is 0 Å². The molecule has 0 saturated carbocycles. The molecule has 0 aliphatic carbocycles. The Morgan fingerprint density at radius 1 is 1.23 bits per heavy atom. The van der Waals surface area contributed by atoms with Gasteiger partial charge in [-0.2, -0.15) is 0 Å². The van der Waals surface area contributed by atoms with Gasteiger partial charge < -0.3 is 19.4 Å². The van der Waals surface area contributed by atoms with Gasteiger partial charge in [0.15, 0.2) is 0 Å². The fourth-order valence-electron chi connectivity index (χ4n) is 3.27. The number of carbonyl (C=O) groups is 3. The number of nitrogens with one attached hydrogen (secondary N) is 1. The summed E-state index contributed by atoms with van der Waals surface area (Å²) in [4.78, 5) is 40.8. The van der Waals surface area contributed by atoms with Crippen LogP contribution in [0.2, 0.25) is 0 Å². The number of methoxy groups -OCH3 is 1. The van der Waals surface area contributed by atoms with Crippen LogP contribution in [0.1, 0.15) is 41.4 Å². The fourth-order valence-corrected chi connectivity index (χ4v) is 3.27. The normalized spacial score (nSPS) is 13.4. The summed E-state index contributed by atoms with van der Waals surface area (Å²) >= 11 is 0. The maximum Gasteiger partial charge on any atom is 0.337 e. The van der Waals surface area contributed by atoms with Crippen molar-refractivity contribution < 1.29 is 23.9 Å². The van der Waals surface area contributed by atoms with E-state index in [-0.39, 0.29) is 30.7 Å². The standard InChI is InChI=1S/C19H22N2O5/c1-3-26-18(23)7-6-17(22)21-9-8-16-14(11-21)13-10-12(19(24)25-2)4-5-15(13)20-16/h4-5,10,20H,3,6-9,11H2,1-2H3. The van der Waals surface area contributed by atoms with Crippen molar-refractivity contribution in [3.63, 3.8) is 0 Å². The predicted octanol–water partition coefficient (Wildman–Crippen LogP) is 2.18. The van der Waals surface area contributed by atoms with Crippen LogP contribution in [0.3, 0.4) is 0 Å². The van der Waals surface area contributed by atoms with Gasteiger partial charge in [-0.1, -0.05) is 0 Å². The monoisotopic (exact) mass is 358 g/mol. The maximum atomic E-state index is 12.4. The summed E-state index contributed by atoms with van der Waals surface area (Å²) in [7, 11) is 1.35. The molecular formula is C19H22N2O5. The molecule has 1 aliphatic rings. The number of aromatic amines is 1. The summed E-state index contributed by atoms with van der Waals surface area (Å²) in [5, 5.41) is 0.922. The Labute approximate surface area is 151 Å². The Kier molecular flexibility index (Phi) is 5.25. The van der Waals surface area contributed by atoms with E-state index in [1.165, 1.54) is 7.11 Å². The number of hydrogen-bond donors (Lipinski definition) is 1. The lowest BCUT2D eigenvalue weighted by Gasteiger charge is -2.27. The van der Waals surface area contributed by atoms with Crippen molar-refractivity contribution in [2.45, 2.75) is 32.7 Å². The molecule has 0 radical (unpaired) electrons. The van der Waals surface area contributed by atoms with E-state index in [9.17, 15) is 14.4 Å². The van der Waals surface area contributed by atoms with E-state index in [1.54, 1.807) is 24.0 Å². The zero-order valence-electron chi connectivity index (χ0n) is 15.0. The Morgan fingerprint density at radius 2 is 2.04 bits per heavy atom. The molecule has 2 heterocycles. The lowest BCUT2D eigenvalue weighted by molar-refractivity contribution is -0.145. The molecule has 2 aromatic rings. The molecule has 1 aromatic carbocycles. The van der Waals surface area contributed by atoms with E-state index in [0.29, 0.717) is 31.7 Å². The van der Waals surface area contributed by atoms with Gasteiger partial charge in [-0.05, 0) is 25.1 Å². The first-order valence-corrected chi connectivity index (χ1v) is 8.68. The minimum atomic E-state index is -0.389. The molecule has 0 bridgehead atoms. The van der Waals surface area contributed by atoms with Crippen molar-refractivity contribution in [2.24, 2.45) is 0 Å². The number of aromatic nitrogens is 1. The molecule has 1 N–H and O–H groups in total. The number of ether oxygens (including phenoxy) is 2. The van der Waals surface area contributed by atoms with Gasteiger partial charge in [-0.25, -0.2) is 4.79 Å². The molecule has 1 aromatic heterocycles. The number of nitrogens with zero attached hydrogens (tertiary/aromatic N) is 1. The first kappa shape index (κ1) is 18.0. The number of benzene rings is 1. The third kappa shape index (κ3) is 3.56. The first-order chi connectivity index (χ1) is 12.5. The van der Waals surface area contributed by atoms with Crippen molar-refractivity contribution in [3.05, 3.63) is 35.0 Å². The largest absolute Gasteiger partial charge is 0.466 e. The van der Waals surface area contributed by atoms with Gasteiger partial charge >= 0.3 is 11.9 Å². The quantitative estimate of drug-likeness (QED) is 0.828. The summed E-state index contributed by atoms with van der Waals surface area (Å²) < 4.78 is 9.65. The summed E-state index contributed by atoms with van der Waals surface area (Å²) in [5.74, 6) is -0.810. The number of fused-ring (bicyclic) bond motifs is 3. The lowest BCUT2D eigenvalue weighted by Crippen LogP contribution is -2.36. The van der Waals surface area contributed by atoms with E-state index in [2.05, 4.69) is 4.98 Å². The molecule has 0 atom stereocenters. The average molecular weight is 358 g/mol. The van der Waals surface area contributed by atoms with Crippen LogP contribution in [0.25, 0.3) is 10.9 Å². The maximum absolute atomic E-state index is 12.4. The van der Waals surface area contributed by atoms with E-state index in [0.717, 1.165) is 22.2 Å². The van der Waals surface area contributed by atoms with Crippen LogP contribution in [-0.2, 0) is 32.0 Å². The highest BCUT2D eigenvalue weighted by atomic mass is 16.5. The minimum Gasteiger partial charge on any atom is -0.466 e. The van der Waals surface area contributed by atoms with E-state index in [1.807, 2.05) is 6.07 Å². The molecule has 7 nitrogen and oxygen atoms in total. The number of amides is 1. The molecule has 7 heteroatoms. The van der Waals surface area contributed by atoms with Gasteiger partial charge in [0.2, 0.25) is 5.91 Å². The molecule has 0 spiro atoms. The summed E-state index contributed by atoms with van der Waals surface area (Å²) in [5.41, 5.74) is 3.51. The van der Waals surface area contributed by atoms with Crippen LogP contribution in [0.4, 0.5) is 0 Å². The molecule has 138 valence electrons. The highest BCUT2D eigenvalue weighted by molar-refractivity contribution is 5.96. The predicted molar refractivity (Wildman–Crippen MR) is 94.6 cm³/mol. The number of rotatable bonds is 5. The highest BCUT2D eigenvalue weighted by Gasteiger charge is 2.25. The molecule has 0 fully saturated rings. The third-order valence-corrected chi connectivity index (χ3v) is 4.60. The van der Waals surface area contributed by atoms with Crippen LogP contribution in [-0.4, -0.2) is 48.0 Å². The van der Waals surface area contributed by atoms with Crippen LogP contribution in [0.5, 0.6) is 0 Å². The Morgan fingerprint density at radius 3 is 2.77 bits per heavy atom. The highest BCUT2D eigenvalue weighted by Crippen LogP contribution is 2.29. The summed E-state index contributed by atoms with van der Waals surface area (Å²) in [6.07, 6.45) is 0.947. The second kappa shape index (κ2) is 7.59. The Bertz CT molecular complexity index is 855. The van der Waals surface area contributed by atoms with E-state index >= 15 is 0 Å². The van der Waals surface area contributed by atoms with E-state index < -0.39 is 0 Å². The van der Waals surface area contributed by atoms with Crippen molar-refractivity contribution in [1.82, 2.24) is 9.88 Å². The van der Waals surface area contributed by atoms with Crippen LogP contribution >= 0.6 is 0 Å². The minimum absolute atomic E-state index is 0.0674. The fraction of sp³-hybridized carbons (Fsp3) is 0.421. The number of hydrogen-bond acceptors (Lipinski definition) is 5. The molecule has 1 amide bonds. The van der Waals surface area contributed by atoms with Gasteiger partial charge in [-0.15, -0.1) is 0 Å². The lowest BCUT2D eigenvalue weighted by atomic mass is 10.0. The molecule has 1 aliphatic heterocycles. The molecular weight excluding hydrogens is 336 g/mol. The van der Waals surface area contributed by atoms with Crippen LogP contribution in [0.15, 0.2) is 18.2 Å². The topological polar surface area (TPSA) is 88.7 Å². The van der Waals surface area contributed by atoms with Crippen molar-refractivity contribution in [3.8, 4) is 0 Å². The smallest absolute Gasteiger partial charge is 0.337 e. The average Bonchev–Trinajstić information content (AvgIpc) is 3.02. The van der Waals surface area contributed by atoms with Gasteiger partial charge in [0.1, 0.15) is 0 Å². The van der Waals surface area contributed by atoms with Crippen molar-refractivity contribution >= 4 is 28.7 Å². The van der Waals surface area contributed by atoms with Gasteiger partial charge in [-0.3, -0.25) is 9.59 Å². The number of esters is 2. The van der Waals surface area contributed by atoms with Gasteiger partial charge in [0, 0.05) is 48.1 Å².